The van der Waals surface area contributed by atoms with E-state index in [0.29, 0.717) is 5.92 Å². The summed E-state index contributed by atoms with van der Waals surface area (Å²) in [4.78, 5) is 0. The number of rotatable bonds is 1. The quantitative estimate of drug-likeness (QED) is 0.462. The highest BCUT2D eigenvalue weighted by Gasteiger charge is 2.03. The molecule has 0 spiro atoms. The Morgan fingerprint density at radius 1 is 0.700 bits per heavy atom. The molecule has 0 aromatic carbocycles. The van der Waals surface area contributed by atoms with Crippen molar-refractivity contribution in [2.75, 3.05) is 0 Å². The fraction of sp³-hybridized carbons (Fsp3) is 0.600. The molecule has 0 heterocycles. The Morgan fingerprint density at radius 3 is 1.85 bits per heavy atom. The molecule has 1 rings (SSSR count). The first kappa shape index (κ1) is 17.0. The number of allylic oxidation sites excluding steroid dienone is 8. The van der Waals surface area contributed by atoms with E-state index in [0.717, 1.165) is 0 Å². The summed E-state index contributed by atoms with van der Waals surface area (Å²) in [5, 5.41) is 0. The molecule has 0 fully saturated rings. The van der Waals surface area contributed by atoms with Crippen molar-refractivity contribution in [3.8, 4) is 0 Å². The maximum atomic E-state index is 2.43. The standard InChI is InChI=1S/C20H32/c1-16(2)20-14-12-18(4)10-6-8-17(3)9-7-11-19(5)13-15-20/h8,11-12,14,16H,6-7,9-10,13,15H2,1-5H3/b17-8-,18-12-,19-11-,20-14+. The van der Waals surface area contributed by atoms with Gasteiger partial charge in [-0.25, -0.2) is 0 Å². The molecule has 0 aliphatic heterocycles. The zero-order valence-electron chi connectivity index (χ0n) is 14.1. The minimum Gasteiger partial charge on any atom is -0.0853 e. The van der Waals surface area contributed by atoms with Crippen molar-refractivity contribution in [2.24, 2.45) is 5.92 Å². The van der Waals surface area contributed by atoms with Crippen molar-refractivity contribution >= 4 is 0 Å². The van der Waals surface area contributed by atoms with Crippen LogP contribution in [0.1, 0.15) is 73.1 Å². The second-order valence-electron chi connectivity index (χ2n) is 6.59. The summed E-state index contributed by atoms with van der Waals surface area (Å²) in [7, 11) is 0. The lowest BCUT2D eigenvalue weighted by atomic mass is 9.94. The fourth-order valence-corrected chi connectivity index (χ4v) is 2.54. The van der Waals surface area contributed by atoms with E-state index < -0.39 is 0 Å². The van der Waals surface area contributed by atoms with Crippen LogP contribution in [0.15, 0.2) is 46.6 Å². The van der Waals surface area contributed by atoms with Crippen LogP contribution < -0.4 is 0 Å². The normalized spacial score (nSPS) is 30.1. The second kappa shape index (κ2) is 9.00. The highest BCUT2D eigenvalue weighted by Crippen LogP contribution is 2.21. The van der Waals surface area contributed by atoms with Gasteiger partial charge in [0.25, 0.3) is 0 Å². The topological polar surface area (TPSA) is 0 Å². The van der Waals surface area contributed by atoms with Crippen LogP contribution in [-0.2, 0) is 0 Å². The van der Waals surface area contributed by atoms with Gasteiger partial charge in [-0.05, 0) is 65.2 Å². The molecule has 0 N–H and O–H groups in total. The summed E-state index contributed by atoms with van der Waals surface area (Å²) in [5.74, 6) is 0.655. The third-order valence-corrected chi connectivity index (χ3v) is 4.19. The smallest absolute Gasteiger partial charge is 0.0257 e. The Bertz CT molecular complexity index is 413. The van der Waals surface area contributed by atoms with E-state index in [9.17, 15) is 0 Å². The number of hydrogen-bond acceptors (Lipinski definition) is 0. The van der Waals surface area contributed by atoms with Gasteiger partial charge in [-0.15, -0.1) is 0 Å². The minimum absolute atomic E-state index is 0.655. The molecule has 0 amide bonds. The number of hydrogen-bond donors (Lipinski definition) is 0. The Kier molecular flexibility index (Phi) is 7.65. The fourth-order valence-electron chi connectivity index (χ4n) is 2.54. The molecule has 0 unspecified atom stereocenters. The monoisotopic (exact) mass is 272 g/mol. The molecule has 0 aromatic heterocycles. The summed E-state index contributed by atoms with van der Waals surface area (Å²) < 4.78 is 0. The first-order valence-corrected chi connectivity index (χ1v) is 8.16. The van der Waals surface area contributed by atoms with Gasteiger partial charge in [-0.2, -0.15) is 0 Å². The van der Waals surface area contributed by atoms with Crippen molar-refractivity contribution in [1.29, 1.82) is 0 Å². The third-order valence-electron chi connectivity index (χ3n) is 4.19. The lowest BCUT2D eigenvalue weighted by Crippen LogP contribution is -1.95. The van der Waals surface area contributed by atoms with Crippen molar-refractivity contribution in [2.45, 2.75) is 73.1 Å². The van der Waals surface area contributed by atoms with Crippen LogP contribution in [0.5, 0.6) is 0 Å². The average molecular weight is 272 g/mol. The zero-order chi connectivity index (χ0) is 15.0. The van der Waals surface area contributed by atoms with Gasteiger partial charge in [0.15, 0.2) is 0 Å². The predicted molar refractivity (Wildman–Crippen MR) is 91.9 cm³/mol. The Labute approximate surface area is 126 Å². The van der Waals surface area contributed by atoms with E-state index in [1.54, 1.807) is 11.1 Å². The minimum atomic E-state index is 0.655. The van der Waals surface area contributed by atoms with Gasteiger partial charge in [0.2, 0.25) is 0 Å². The largest absolute Gasteiger partial charge is 0.0853 e. The molecular weight excluding hydrogens is 240 g/mol. The van der Waals surface area contributed by atoms with Gasteiger partial charge in [0.1, 0.15) is 0 Å². The molecule has 1 aliphatic rings. The van der Waals surface area contributed by atoms with Crippen molar-refractivity contribution in [1.82, 2.24) is 0 Å². The van der Waals surface area contributed by atoms with Crippen molar-refractivity contribution in [3.63, 3.8) is 0 Å². The van der Waals surface area contributed by atoms with E-state index in [2.05, 4.69) is 58.9 Å². The van der Waals surface area contributed by atoms with Gasteiger partial charge in [-0.1, -0.05) is 60.4 Å². The SMILES string of the molecule is C/C1=C/C=C(/C(C)C)CC/C(C)=C\CC/C(C)=C\CC1. The lowest BCUT2D eigenvalue weighted by molar-refractivity contribution is 0.706. The predicted octanol–water partition coefficient (Wildman–Crippen LogP) is 6.76. The average Bonchev–Trinajstić information content (AvgIpc) is 2.37. The molecule has 0 atom stereocenters. The van der Waals surface area contributed by atoms with Crippen molar-refractivity contribution < 1.29 is 0 Å². The second-order valence-corrected chi connectivity index (χ2v) is 6.59. The first-order valence-electron chi connectivity index (χ1n) is 8.16. The van der Waals surface area contributed by atoms with Gasteiger partial charge >= 0.3 is 0 Å². The summed E-state index contributed by atoms with van der Waals surface area (Å²) in [6.07, 6.45) is 16.8. The summed E-state index contributed by atoms with van der Waals surface area (Å²) in [5.41, 5.74) is 6.16. The van der Waals surface area contributed by atoms with Crippen molar-refractivity contribution in [3.05, 3.63) is 46.6 Å². The molecule has 0 bridgehead atoms. The molecule has 0 heteroatoms. The molecule has 0 aromatic rings. The highest BCUT2D eigenvalue weighted by molar-refractivity contribution is 5.20. The molecule has 20 heavy (non-hydrogen) atoms. The molecule has 0 radical (unpaired) electrons. The van der Waals surface area contributed by atoms with Gasteiger partial charge in [0, 0.05) is 0 Å². The maximum Gasteiger partial charge on any atom is -0.0257 e. The van der Waals surface area contributed by atoms with E-state index in [1.807, 2.05) is 0 Å². The van der Waals surface area contributed by atoms with Crippen LogP contribution in [0.3, 0.4) is 0 Å². The van der Waals surface area contributed by atoms with Crippen LogP contribution in [0.25, 0.3) is 0 Å². The molecule has 1 aliphatic carbocycles. The summed E-state index contributed by atoms with van der Waals surface area (Å²) >= 11 is 0. The van der Waals surface area contributed by atoms with Crippen LogP contribution in [0.2, 0.25) is 0 Å². The first-order chi connectivity index (χ1) is 9.49. The van der Waals surface area contributed by atoms with E-state index >= 15 is 0 Å². The van der Waals surface area contributed by atoms with E-state index in [1.165, 1.54) is 49.7 Å². The Balaban J connectivity index is 2.87. The van der Waals surface area contributed by atoms with Gasteiger partial charge < -0.3 is 0 Å². The molecule has 0 nitrogen and oxygen atoms in total. The Hall–Kier alpha value is -1.04. The van der Waals surface area contributed by atoms with Crippen LogP contribution >= 0.6 is 0 Å². The van der Waals surface area contributed by atoms with E-state index in [4.69, 9.17) is 0 Å². The molecule has 0 saturated heterocycles. The Morgan fingerprint density at radius 2 is 1.25 bits per heavy atom. The maximum absolute atomic E-state index is 2.43. The van der Waals surface area contributed by atoms with Crippen LogP contribution in [0, 0.1) is 5.92 Å². The molecular formula is C20H32. The van der Waals surface area contributed by atoms with Crippen LogP contribution in [-0.4, -0.2) is 0 Å². The summed E-state index contributed by atoms with van der Waals surface area (Å²) in [6, 6.07) is 0. The molecule has 112 valence electrons. The van der Waals surface area contributed by atoms with E-state index in [-0.39, 0.29) is 0 Å². The van der Waals surface area contributed by atoms with Gasteiger partial charge in [-0.3, -0.25) is 0 Å². The zero-order valence-corrected chi connectivity index (χ0v) is 14.1. The third kappa shape index (κ3) is 6.93. The van der Waals surface area contributed by atoms with Crippen LogP contribution in [0.4, 0.5) is 0 Å². The lowest BCUT2D eigenvalue weighted by Gasteiger charge is -2.12. The van der Waals surface area contributed by atoms with Gasteiger partial charge in [0.05, 0.1) is 0 Å². The summed E-state index contributed by atoms with van der Waals surface area (Å²) in [6.45, 7) is 11.4. The highest BCUT2D eigenvalue weighted by atomic mass is 14.1. The molecule has 0 saturated carbocycles.